The zero-order chi connectivity index (χ0) is 14.1. The molecule has 0 aromatic rings. The second-order valence-corrected chi connectivity index (χ2v) is 7.22. The first kappa shape index (κ1) is 14.8. The maximum Gasteiger partial charge on any atom is 0.224 e. The Bertz CT molecular complexity index is 336. The Labute approximate surface area is 116 Å². The van der Waals surface area contributed by atoms with Crippen LogP contribution in [0.15, 0.2) is 0 Å². The van der Waals surface area contributed by atoms with Gasteiger partial charge in [0.25, 0.3) is 0 Å². The number of amides is 1. The lowest BCUT2D eigenvalue weighted by molar-refractivity contribution is -0.125. The third-order valence-electron chi connectivity index (χ3n) is 4.84. The van der Waals surface area contributed by atoms with E-state index < -0.39 is 0 Å². The van der Waals surface area contributed by atoms with E-state index in [4.69, 9.17) is 5.73 Å². The highest BCUT2D eigenvalue weighted by Gasteiger charge is 2.58. The summed E-state index contributed by atoms with van der Waals surface area (Å²) in [5.74, 6) is 1.00. The van der Waals surface area contributed by atoms with Gasteiger partial charge in [-0.25, -0.2) is 0 Å². The first-order valence-electron chi connectivity index (χ1n) is 7.64. The first-order chi connectivity index (χ1) is 8.91. The zero-order valence-corrected chi connectivity index (χ0v) is 12.6. The van der Waals surface area contributed by atoms with E-state index in [1.807, 2.05) is 0 Å². The van der Waals surface area contributed by atoms with Gasteiger partial charge in [0.2, 0.25) is 5.91 Å². The molecule has 19 heavy (non-hydrogen) atoms. The van der Waals surface area contributed by atoms with E-state index in [-0.39, 0.29) is 17.4 Å². The van der Waals surface area contributed by atoms with E-state index in [1.165, 1.54) is 0 Å². The molecule has 4 nitrogen and oxygen atoms in total. The van der Waals surface area contributed by atoms with E-state index >= 15 is 0 Å². The fraction of sp³-hybridized carbons (Fsp3) is 0.933. The number of hydrogen-bond acceptors (Lipinski definition) is 3. The van der Waals surface area contributed by atoms with Gasteiger partial charge >= 0.3 is 0 Å². The van der Waals surface area contributed by atoms with Crippen LogP contribution in [-0.4, -0.2) is 31.1 Å². The number of carbonyl (C=O) groups is 1. The van der Waals surface area contributed by atoms with Gasteiger partial charge in [-0.3, -0.25) is 4.79 Å². The van der Waals surface area contributed by atoms with Crippen LogP contribution in [0.2, 0.25) is 0 Å². The van der Waals surface area contributed by atoms with Gasteiger partial charge in [0.05, 0.1) is 0 Å². The van der Waals surface area contributed by atoms with Crippen molar-refractivity contribution in [3.8, 4) is 0 Å². The van der Waals surface area contributed by atoms with Gasteiger partial charge in [0, 0.05) is 18.0 Å². The molecule has 2 fully saturated rings. The van der Waals surface area contributed by atoms with Crippen molar-refractivity contribution in [3.05, 3.63) is 0 Å². The van der Waals surface area contributed by atoms with Crippen LogP contribution in [-0.2, 0) is 4.79 Å². The Balaban J connectivity index is 1.90. The lowest BCUT2D eigenvalue weighted by atomic mass is 9.89. The second-order valence-electron chi connectivity index (χ2n) is 7.22. The van der Waals surface area contributed by atoms with Gasteiger partial charge in [0.15, 0.2) is 0 Å². The number of hydrogen-bond donors (Lipinski definition) is 3. The van der Waals surface area contributed by atoms with Crippen molar-refractivity contribution in [2.45, 2.75) is 52.0 Å². The van der Waals surface area contributed by atoms with Crippen LogP contribution in [0.4, 0.5) is 0 Å². The van der Waals surface area contributed by atoms with E-state index in [2.05, 4.69) is 31.4 Å². The maximum atomic E-state index is 12.4. The number of carbonyl (C=O) groups excluding carboxylic acids is 1. The van der Waals surface area contributed by atoms with Gasteiger partial charge in [-0.2, -0.15) is 0 Å². The minimum atomic E-state index is -0.248. The average Bonchev–Trinajstić information content (AvgIpc) is 3.03. The summed E-state index contributed by atoms with van der Waals surface area (Å²) in [7, 11) is 0. The predicted octanol–water partition coefficient (Wildman–Crippen LogP) is 1.26. The lowest BCUT2D eigenvalue weighted by Gasteiger charge is -2.32. The topological polar surface area (TPSA) is 67.1 Å². The van der Waals surface area contributed by atoms with Crippen LogP contribution in [0.1, 0.15) is 46.5 Å². The summed E-state index contributed by atoms with van der Waals surface area (Å²) >= 11 is 0. The normalized spacial score (nSPS) is 28.2. The van der Waals surface area contributed by atoms with Crippen molar-refractivity contribution in [2.24, 2.45) is 23.0 Å². The molecule has 1 saturated carbocycles. The summed E-state index contributed by atoms with van der Waals surface area (Å²) in [4.78, 5) is 12.4. The molecule has 1 heterocycles. The molecule has 4 N–H and O–H groups in total. The van der Waals surface area contributed by atoms with Gasteiger partial charge < -0.3 is 16.4 Å². The summed E-state index contributed by atoms with van der Waals surface area (Å²) in [5.41, 5.74) is 5.93. The van der Waals surface area contributed by atoms with Crippen molar-refractivity contribution < 1.29 is 4.79 Å². The number of nitrogens with two attached hydrogens (primary N) is 1. The van der Waals surface area contributed by atoms with E-state index in [1.54, 1.807) is 0 Å². The minimum absolute atomic E-state index is 0.229. The number of nitrogens with one attached hydrogen (secondary N) is 2. The predicted molar refractivity (Wildman–Crippen MR) is 77.7 cm³/mol. The molecule has 1 aliphatic heterocycles. The zero-order valence-electron chi connectivity index (χ0n) is 12.6. The Morgan fingerprint density at radius 3 is 2.63 bits per heavy atom. The number of rotatable bonds is 5. The first-order valence-corrected chi connectivity index (χ1v) is 7.64. The Morgan fingerprint density at radius 2 is 2.11 bits per heavy atom. The quantitative estimate of drug-likeness (QED) is 0.702. The second kappa shape index (κ2) is 5.41. The summed E-state index contributed by atoms with van der Waals surface area (Å²) in [6.07, 6.45) is 4.31. The largest absolute Gasteiger partial charge is 0.349 e. The Morgan fingerprint density at radius 1 is 1.47 bits per heavy atom. The molecular weight excluding hydrogens is 238 g/mol. The molecule has 4 heteroatoms. The van der Waals surface area contributed by atoms with Crippen molar-refractivity contribution in [2.75, 3.05) is 19.6 Å². The smallest absolute Gasteiger partial charge is 0.224 e. The summed E-state index contributed by atoms with van der Waals surface area (Å²) in [6.45, 7) is 9.05. The molecule has 0 aromatic carbocycles. The molecule has 1 saturated heterocycles. The van der Waals surface area contributed by atoms with E-state index in [0.717, 1.165) is 38.8 Å². The van der Waals surface area contributed by atoms with E-state index in [9.17, 15) is 4.79 Å². The Hall–Kier alpha value is -0.610. The third kappa shape index (κ3) is 3.29. The molecule has 1 spiro atoms. The highest BCUT2D eigenvalue weighted by molar-refractivity contribution is 5.83. The molecule has 0 bridgehead atoms. The van der Waals surface area contributed by atoms with Crippen LogP contribution < -0.4 is 16.4 Å². The summed E-state index contributed by atoms with van der Waals surface area (Å²) in [5, 5.41) is 6.60. The molecule has 0 radical (unpaired) electrons. The maximum absolute atomic E-state index is 12.4. The van der Waals surface area contributed by atoms with Crippen molar-refractivity contribution in [1.82, 2.24) is 10.6 Å². The molecule has 2 rings (SSSR count). The van der Waals surface area contributed by atoms with Crippen LogP contribution >= 0.6 is 0 Å². The third-order valence-corrected chi connectivity index (χ3v) is 4.84. The molecule has 1 amide bonds. The molecule has 2 unspecified atom stereocenters. The van der Waals surface area contributed by atoms with Crippen LogP contribution in [0.3, 0.4) is 0 Å². The molecule has 110 valence electrons. The van der Waals surface area contributed by atoms with Gasteiger partial charge in [-0.1, -0.05) is 13.8 Å². The molecule has 1 aliphatic carbocycles. The van der Waals surface area contributed by atoms with Crippen LogP contribution in [0.5, 0.6) is 0 Å². The van der Waals surface area contributed by atoms with Gasteiger partial charge in [-0.05, 0) is 57.0 Å². The van der Waals surface area contributed by atoms with Crippen LogP contribution in [0.25, 0.3) is 0 Å². The average molecular weight is 267 g/mol. The number of piperidine rings is 1. The minimum Gasteiger partial charge on any atom is -0.349 e. The van der Waals surface area contributed by atoms with E-state index in [0.29, 0.717) is 17.9 Å². The standard InChI is InChI=1S/C15H29N3O/c1-11(2)8-14(3,10-16)18-13(19)12-9-15(12)4-6-17-7-5-15/h11-12,17H,4-10,16H2,1-3H3,(H,18,19). The molecule has 2 atom stereocenters. The van der Waals surface area contributed by atoms with Crippen molar-refractivity contribution in [3.63, 3.8) is 0 Å². The molecule has 2 aliphatic rings. The van der Waals surface area contributed by atoms with Crippen molar-refractivity contribution in [1.29, 1.82) is 0 Å². The van der Waals surface area contributed by atoms with Crippen LogP contribution in [0, 0.1) is 17.3 Å². The summed E-state index contributed by atoms with van der Waals surface area (Å²) < 4.78 is 0. The highest BCUT2D eigenvalue weighted by Crippen LogP contribution is 2.58. The highest BCUT2D eigenvalue weighted by atomic mass is 16.2. The Kier molecular flexibility index (Phi) is 4.21. The SMILES string of the molecule is CC(C)CC(C)(CN)NC(=O)C1CC12CCNCC2. The van der Waals surface area contributed by atoms with Gasteiger partial charge in [-0.15, -0.1) is 0 Å². The van der Waals surface area contributed by atoms with Crippen molar-refractivity contribution >= 4 is 5.91 Å². The monoisotopic (exact) mass is 267 g/mol. The lowest BCUT2D eigenvalue weighted by Crippen LogP contribution is -2.53. The molecular formula is C15H29N3O. The fourth-order valence-corrected chi connectivity index (χ4v) is 3.67. The summed E-state index contributed by atoms with van der Waals surface area (Å²) in [6, 6.07) is 0. The fourth-order valence-electron chi connectivity index (χ4n) is 3.67. The van der Waals surface area contributed by atoms with Gasteiger partial charge in [0.1, 0.15) is 0 Å². The molecule has 0 aromatic heterocycles.